The number of rotatable bonds is 5. The van der Waals surface area contributed by atoms with Crippen LogP contribution in [0.25, 0.3) is 101 Å². The first kappa shape index (κ1) is 32.9. The summed E-state index contributed by atoms with van der Waals surface area (Å²) in [7, 11) is 0. The largest absolute Gasteiger partial charge is 0.454 e. The standard InChI is InChI=1S/C54H32N2OS2/c1-2-12-35(13-3-1)56-46-18-8-4-14-38(46)39-25-22-33(29-47(39)56)34-28-45-40-15-5-9-19-49(40)57-54(45)48(30-34)55(36-23-26-52-43(31-36)41-16-6-10-20-50(41)58-52)37-24-27-53-44(32-37)42-17-7-11-21-51(42)59-53/h1-32H. The van der Waals surface area contributed by atoms with Crippen LogP contribution in [0.5, 0.6) is 0 Å². The van der Waals surface area contributed by atoms with Crippen molar-refractivity contribution in [2.75, 3.05) is 4.90 Å². The topological polar surface area (TPSA) is 21.3 Å². The van der Waals surface area contributed by atoms with E-state index in [1.807, 2.05) is 22.7 Å². The van der Waals surface area contributed by atoms with Crippen molar-refractivity contribution in [2.24, 2.45) is 0 Å². The summed E-state index contributed by atoms with van der Waals surface area (Å²) in [5.41, 5.74) is 10.7. The lowest BCUT2D eigenvalue weighted by Gasteiger charge is -2.26. The van der Waals surface area contributed by atoms with Gasteiger partial charge in [0.05, 0.1) is 16.7 Å². The quantitative estimate of drug-likeness (QED) is 0.173. The van der Waals surface area contributed by atoms with Crippen molar-refractivity contribution < 1.29 is 4.42 Å². The number of hydrogen-bond donors (Lipinski definition) is 0. The molecule has 0 fully saturated rings. The third kappa shape index (κ3) is 4.99. The summed E-state index contributed by atoms with van der Waals surface area (Å²) in [4.78, 5) is 2.42. The molecule has 0 saturated heterocycles. The van der Waals surface area contributed by atoms with Crippen molar-refractivity contribution in [1.82, 2.24) is 4.57 Å². The van der Waals surface area contributed by atoms with E-state index >= 15 is 0 Å². The van der Waals surface area contributed by atoms with Gasteiger partial charge in [0.2, 0.25) is 0 Å². The van der Waals surface area contributed by atoms with Crippen molar-refractivity contribution >= 4 is 124 Å². The second kappa shape index (κ2) is 12.7. The lowest BCUT2D eigenvalue weighted by Crippen LogP contribution is -2.10. The zero-order valence-electron chi connectivity index (χ0n) is 31.6. The summed E-state index contributed by atoms with van der Waals surface area (Å²) >= 11 is 3.69. The lowest BCUT2D eigenvalue weighted by molar-refractivity contribution is 0.669. The van der Waals surface area contributed by atoms with E-state index in [0.717, 1.165) is 55.8 Å². The van der Waals surface area contributed by atoms with Gasteiger partial charge in [0, 0.05) is 79.0 Å². The van der Waals surface area contributed by atoms with Crippen molar-refractivity contribution in [3.8, 4) is 16.8 Å². The van der Waals surface area contributed by atoms with Crippen LogP contribution in [0.15, 0.2) is 199 Å². The Hall–Kier alpha value is -7.18. The molecule has 9 aromatic carbocycles. The summed E-state index contributed by atoms with van der Waals surface area (Å²) in [6.45, 7) is 0. The highest BCUT2D eigenvalue weighted by Crippen LogP contribution is 2.48. The Labute approximate surface area is 346 Å². The Morgan fingerprint density at radius 3 is 1.66 bits per heavy atom. The predicted octanol–water partition coefficient (Wildman–Crippen LogP) is 16.6. The number of nitrogens with zero attached hydrogens (tertiary/aromatic N) is 2. The monoisotopic (exact) mass is 788 g/mol. The minimum atomic E-state index is 0.861. The van der Waals surface area contributed by atoms with Crippen LogP contribution in [0.2, 0.25) is 0 Å². The van der Waals surface area contributed by atoms with Gasteiger partial charge >= 0.3 is 0 Å². The highest BCUT2D eigenvalue weighted by atomic mass is 32.1. The van der Waals surface area contributed by atoms with Gasteiger partial charge in [0.25, 0.3) is 0 Å². The van der Waals surface area contributed by atoms with Gasteiger partial charge in [0.15, 0.2) is 5.58 Å². The third-order valence-electron chi connectivity index (χ3n) is 12.0. The maximum Gasteiger partial charge on any atom is 0.159 e. The molecule has 0 unspecified atom stereocenters. The summed E-state index contributed by atoms with van der Waals surface area (Å²) in [6, 6.07) is 70.8. The Morgan fingerprint density at radius 2 is 0.949 bits per heavy atom. The molecule has 0 atom stereocenters. The number of furan rings is 1. The average molecular weight is 789 g/mol. The van der Waals surface area contributed by atoms with Crippen molar-refractivity contribution in [3.63, 3.8) is 0 Å². The second-order valence-electron chi connectivity index (χ2n) is 15.3. The first-order chi connectivity index (χ1) is 29.2. The number of fused-ring (bicyclic) bond motifs is 12. The highest BCUT2D eigenvalue weighted by Gasteiger charge is 2.23. The number of aromatic nitrogens is 1. The summed E-state index contributed by atoms with van der Waals surface area (Å²) in [6.07, 6.45) is 0. The maximum atomic E-state index is 6.93. The molecule has 0 bridgehead atoms. The molecule has 0 radical (unpaired) electrons. The van der Waals surface area contributed by atoms with E-state index in [0.29, 0.717) is 0 Å². The van der Waals surface area contributed by atoms with Crippen molar-refractivity contribution in [2.45, 2.75) is 0 Å². The summed E-state index contributed by atoms with van der Waals surface area (Å²) in [5.74, 6) is 0. The molecule has 0 amide bonds. The van der Waals surface area contributed by atoms with Crippen LogP contribution in [0, 0.1) is 0 Å². The summed E-state index contributed by atoms with van der Waals surface area (Å²) in [5, 5.41) is 9.73. The zero-order valence-corrected chi connectivity index (χ0v) is 33.2. The summed E-state index contributed by atoms with van der Waals surface area (Å²) < 4.78 is 14.5. The Bertz CT molecular complexity index is 3700. The molecule has 0 N–H and O–H groups in total. The van der Waals surface area contributed by atoms with Gasteiger partial charge in [-0.2, -0.15) is 0 Å². The van der Waals surface area contributed by atoms with Crippen LogP contribution in [0.3, 0.4) is 0 Å². The van der Waals surface area contributed by atoms with Gasteiger partial charge in [-0.15, -0.1) is 22.7 Å². The zero-order chi connectivity index (χ0) is 38.6. The van der Waals surface area contributed by atoms with Crippen LogP contribution < -0.4 is 4.90 Å². The predicted molar refractivity (Wildman–Crippen MR) is 254 cm³/mol. The van der Waals surface area contributed by atoms with Gasteiger partial charge in [-0.1, -0.05) is 103 Å². The Morgan fingerprint density at radius 1 is 0.373 bits per heavy atom. The second-order valence-corrected chi connectivity index (χ2v) is 17.5. The van der Waals surface area contributed by atoms with E-state index in [9.17, 15) is 0 Å². The molecule has 0 aliphatic rings. The minimum Gasteiger partial charge on any atom is -0.454 e. The number of benzene rings is 9. The molecule has 3 nitrogen and oxygen atoms in total. The molecule has 13 aromatic rings. The minimum absolute atomic E-state index is 0.861. The van der Waals surface area contributed by atoms with E-state index in [-0.39, 0.29) is 0 Å². The van der Waals surface area contributed by atoms with Crippen molar-refractivity contribution in [3.05, 3.63) is 194 Å². The molecule has 0 aliphatic heterocycles. The fraction of sp³-hybridized carbons (Fsp3) is 0. The Balaban J connectivity index is 1.11. The highest BCUT2D eigenvalue weighted by molar-refractivity contribution is 7.26. The first-order valence-corrected chi connectivity index (χ1v) is 21.5. The molecular formula is C54H32N2OS2. The van der Waals surface area contributed by atoms with Crippen LogP contribution in [-0.2, 0) is 0 Å². The number of para-hydroxylation sites is 3. The normalized spacial score (nSPS) is 12.1. The molecule has 276 valence electrons. The van der Waals surface area contributed by atoms with Gasteiger partial charge in [-0.25, -0.2) is 0 Å². The van der Waals surface area contributed by atoms with E-state index in [1.165, 1.54) is 62.2 Å². The van der Waals surface area contributed by atoms with Crippen LogP contribution >= 0.6 is 22.7 Å². The number of thiophene rings is 2. The average Bonchev–Trinajstić information content (AvgIpc) is 4.05. The molecule has 4 heterocycles. The van der Waals surface area contributed by atoms with Gasteiger partial charge in [-0.05, 0) is 102 Å². The van der Waals surface area contributed by atoms with E-state index in [2.05, 4.69) is 204 Å². The fourth-order valence-corrected chi connectivity index (χ4v) is 11.5. The Kier molecular flexibility index (Phi) is 7.05. The van der Waals surface area contributed by atoms with Crippen LogP contribution in [0.1, 0.15) is 0 Å². The molecule has 4 aromatic heterocycles. The first-order valence-electron chi connectivity index (χ1n) is 19.9. The molecule has 13 rings (SSSR count). The van der Waals surface area contributed by atoms with Gasteiger partial charge < -0.3 is 13.9 Å². The van der Waals surface area contributed by atoms with Crippen LogP contribution in [-0.4, -0.2) is 4.57 Å². The number of anilines is 3. The van der Waals surface area contributed by atoms with Crippen molar-refractivity contribution in [1.29, 1.82) is 0 Å². The smallest absolute Gasteiger partial charge is 0.159 e. The van der Waals surface area contributed by atoms with Gasteiger partial charge in [-0.3, -0.25) is 0 Å². The van der Waals surface area contributed by atoms with Crippen LogP contribution in [0.4, 0.5) is 17.1 Å². The lowest BCUT2D eigenvalue weighted by atomic mass is 9.99. The number of hydrogen-bond acceptors (Lipinski definition) is 4. The molecule has 5 heteroatoms. The third-order valence-corrected chi connectivity index (χ3v) is 14.3. The maximum absolute atomic E-state index is 6.93. The fourth-order valence-electron chi connectivity index (χ4n) is 9.28. The van der Waals surface area contributed by atoms with Gasteiger partial charge in [0.1, 0.15) is 5.58 Å². The molecular weight excluding hydrogens is 757 g/mol. The molecule has 0 spiro atoms. The molecule has 0 aliphatic carbocycles. The van der Waals surface area contributed by atoms with E-state index < -0.39 is 0 Å². The SMILES string of the molecule is c1ccc(-n2c3ccccc3c3ccc(-c4cc(N(c5ccc6sc7ccccc7c6c5)c5ccc6sc7ccccc7c6c5)c5oc6ccccc6c5c4)cc32)cc1. The molecule has 0 saturated carbocycles. The van der Waals surface area contributed by atoms with E-state index in [4.69, 9.17) is 4.42 Å². The van der Waals surface area contributed by atoms with E-state index in [1.54, 1.807) is 0 Å². The molecule has 59 heavy (non-hydrogen) atoms.